The number of rotatable bonds is 3. The standard InChI is InChI=1S/C8H10BrNO2S/c1-5(4-11)10-8(12)7-6(9)2-3-13-7/h2-3,5,11H,4H2,1H3,(H,10,12)/t5-/m1/s1. The first kappa shape index (κ1) is 10.7. The van der Waals surface area contributed by atoms with Gasteiger partial charge >= 0.3 is 0 Å². The molecular formula is C8H10BrNO2S. The molecule has 0 saturated heterocycles. The number of hydrogen-bond acceptors (Lipinski definition) is 3. The van der Waals surface area contributed by atoms with Crippen LogP contribution in [0.25, 0.3) is 0 Å². The number of halogens is 1. The van der Waals surface area contributed by atoms with Gasteiger partial charge in [-0.05, 0) is 34.3 Å². The van der Waals surface area contributed by atoms with E-state index in [4.69, 9.17) is 5.11 Å². The Labute approximate surface area is 88.9 Å². The van der Waals surface area contributed by atoms with Crippen LogP contribution < -0.4 is 5.32 Å². The molecule has 0 radical (unpaired) electrons. The van der Waals surface area contributed by atoms with Gasteiger partial charge in [-0.1, -0.05) is 0 Å². The minimum absolute atomic E-state index is 0.0469. The molecule has 1 aromatic rings. The molecule has 0 aliphatic carbocycles. The smallest absolute Gasteiger partial charge is 0.262 e. The average molecular weight is 264 g/mol. The molecule has 0 fully saturated rings. The van der Waals surface area contributed by atoms with E-state index in [-0.39, 0.29) is 18.6 Å². The Bertz CT molecular complexity index is 300. The number of thiophene rings is 1. The predicted octanol–water partition coefficient (Wildman–Crippen LogP) is 1.62. The lowest BCUT2D eigenvalue weighted by Gasteiger charge is -2.09. The molecule has 0 saturated carbocycles. The highest BCUT2D eigenvalue weighted by Crippen LogP contribution is 2.22. The van der Waals surface area contributed by atoms with Gasteiger partial charge in [0, 0.05) is 10.5 Å². The van der Waals surface area contributed by atoms with Crippen LogP contribution in [0, 0.1) is 0 Å². The fourth-order valence-electron chi connectivity index (χ4n) is 0.791. The van der Waals surface area contributed by atoms with Crippen molar-refractivity contribution in [1.29, 1.82) is 0 Å². The minimum atomic E-state index is -0.207. The van der Waals surface area contributed by atoms with E-state index < -0.39 is 0 Å². The Morgan fingerprint density at radius 1 is 1.85 bits per heavy atom. The molecule has 0 unspecified atom stereocenters. The quantitative estimate of drug-likeness (QED) is 0.871. The van der Waals surface area contributed by atoms with Crippen molar-refractivity contribution in [3.8, 4) is 0 Å². The molecular weight excluding hydrogens is 254 g/mol. The first-order chi connectivity index (χ1) is 6.15. The SMILES string of the molecule is C[C@H](CO)NC(=O)c1sccc1Br. The van der Waals surface area contributed by atoms with Crippen molar-refractivity contribution in [3.05, 3.63) is 20.8 Å². The number of amides is 1. The highest BCUT2D eigenvalue weighted by molar-refractivity contribution is 9.10. The van der Waals surface area contributed by atoms with Gasteiger partial charge in [-0.15, -0.1) is 11.3 Å². The largest absolute Gasteiger partial charge is 0.394 e. The van der Waals surface area contributed by atoms with Gasteiger partial charge in [0.2, 0.25) is 0 Å². The zero-order chi connectivity index (χ0) is 9.84. The van der Waals surface area contributed by atoms with E-state index in [2.05, 4.69) is 21.2 Å². The van der Waals surface area contributed by atoms with Crippen LogP contribution in [0.3, 0.4) is 0 Å². The molecule has 1 amide bonds. The second-order valence-corrected chi connectivity index (χ2v) is 4.43. The third-order valence-electron chi connectivity index (χ3n) is 1.47. The zero-order valence-corrected chi connectivity index (χ0v) is 9.48. The summed E-state index contributed by atoms with van der Waals surface area (Å²) >= 11 is 4.64. The maximum Gasteiger partial charge on any atom is 0.262 e. The highest BCUT2D eigenvalue weighted by atomic mass is 79.9. The van der Waals surface area contributed by atoms with Gasteiger partial charge in [-0.25, -0.2) is 0 Å². The van der Waals surface area contributed by atoms with Crippen molar-refractivity contribution in [1.82, 2.24) is 5.32 Å². The lowest BCUT2D eigenvalue weighted by atomic mass is 10.3. The summed E-state index contributed by atoms with van der Waals surface area (Å²) in [6.45, 7) is 1.70. The summed E-state index contributed by atoms with van der Waals surface area (Å²) in [4.78, 5) is 12.1. The molecule has 0 aromatic carbocycles. The van der Waals surface area contributed by atoms with Gasteiger partial charge in [-0.2, -0.15) is 0 Å². The van der Waals surface area contributed by atoms with Crippen LogP contribution >= 0.6 is 27.3 Å². The van der Waals surface area contributed by atoms with Crippen molar-refractivity contribution in [2.24, 2.45) is 0 Å². The minimum Gasteiger partial charge on any atom is -0.394 e. The fraction of sp³-hybridized carbons (Fsp3) is 0.375. The van der Waals surface area contributed by atoms with Gasteiger partial charge in [-0.3, -0.25) is 4.79 Å². The predicted molar refractivity (Wildman–Crippen MR) is 56.0 cm³/mol. The molecule has 1 heterocycles. The highest BCUT2D eigenvalue weighted by Gasteiger charge is 2.12. The van der Waals surface area contributed by atoms with Crippen molar-refractivity contribution >= 4 is 33.2 Å². The molecule has 5 heteroatoms. The summed E-state index contributed by atoms with van der Waals surface area (Å²) in [5.74, 6) is -0.150. The second-order valence-electron chi connectivity index (χ2n) is 2.65. The number of nitrogens with one attached hydrogen (secondary N) is 1. The topological polar surface area (TPSA) is 49.3 Å². The van der Waals surface area contributed by atoms with Crippen LogP contribution in [-0.4, -0.2) is 23.7 Å². The monoisotopic (exact) mass is 263 g/mol. The summed E-state index contributed by atoms with van der Waals surface area (Å²) in [6.07, 6.45) is 0. The summed E-state index contributed by atoms with van der Waals surface area (Å²) in [6, 6.07) is 1.62. The molecule has 1 aromatic heterocycles. The summed E-state index contributed by atoms with van der Waals surface area (Å²) in [5, 5.41) is 13.2. The molecule has 0 aliphatic rings. The van der Waals surface area contributed by atoms with Crippen LogP contribution in [0.2, 0.25) is 0 Å². The fourth-order valence-corrected chi connectivity index (χ4v) is 2.25. The van der Waals surface area contributed by atoms with Crippen molar-refractivity contribution in [2.45, 2.75) is 13.0 Å². The van der Waals surface area contributed by atoms with Crippen LogP contribution in [-0.2, 0) is 0 Å². The van der Waals surface area contributed by atoms with E-state index in [1.807, 2.05) is 11.4 Å². The van der Waals surface area contributed by atoms with Gasteiger partial charge in [0.15, 0.2) is 0 Å². The van der Waals surface area contributed by atoms with Gasteiger partial charge in [0.1, 0.15) is 4.88 Å². The third-order valence-corrected chi connectivity index (χ3v) is 3.31. The number of hydrogen-bond donors (Lipinski definition) is 2. The van der Waals surface area contributed by atoms with E-state index in [1.165, 1.54) is 11.3 Å². The van der Waals surface area contributed by atoms with Gasteiger partial charge in [0.05, 0.1) is 6.61 Å². The van der Waals surface area contributed by atoms with Crippen LogP contribution in [0.5, 0.6) is 0 Å². The molecule has 1 atom stereocenters. The lowest BCUT2D eigenvalue weighted by molar-refractivity contribution is 0.0926. The van der Waals surface area contributed by atoms with Crippen LogP contribution in [0.15, 0.2) is 15.9 Å². The first-order valence-electron chi connectivity index (χ1n) is 3.80. The van der Waals surface area contributed by atoms with Crippen molar-refractivity contribution in [3.63, 3.8) is 0 Å². The number of aliphatic hydroxyl groups is 1. The third kappa shape index (κ3) is 2.79. The lowest BCUT2D eigenvalue weighted by Crippen LogP contribution is -2.34. The van der Waals surface area contributed by atoms with Gasteiger partial charge < -0.3 is 10.4 Å². The van der Waals surface area contributed by atoms with Crippen molar-refractivity contribution < 1.29 is 9.90 Å². The summed E-state index contributed by atoms with van der Waals surface area (Å²) < 4.78 is 0.792. The Morgan fingerprint density at radius 2 is 2.54 bits per heavy atom. The maximum absolute atomic E-state index is 11.5. The van der Waals surface area contributed by atoms with E-state index >= 15 is 0 Å². The first-order valence-corrected chi connectivity index (χ1v) is 5.47. The molecule has 72 valence electrons. The Kier molecular flexibility index (Phi) is 3.90. The van der Waals surface area contributed by atoms with E-state index in [0.29, 0.717) is 4.88 Å². The summed E-state index contributed by atoms with van der Waals surface area (Å²) in [7, 11) is 0. The average Bonchev–Trinajstić information content (AvgIpc) is 2.51. The van der Waals surface area contributed by atoms with Gasteiger partial charge in [0.25, 0.3) is 5.91 Å². The van der Waals surface area contributed by atoms with E-state index in [0.717, 1.165) is 4.47 Å². The Morgan fingerprint density at radius 3 is 3.00 bits per heavy atom. The van der Waals surface area contributed by atoms with E-state index in [1.54, 1.807) is 6.92 Å². The Balaban J connectivity index is 2.64. The molecule has 0 spiro atoms. The molecule has 2 N–H and O–H groups in total. The van der Waals surface area contributed by atoms with Crippen molar-refractivity contribution in [2.75, 3.05) is 6.61 Å². The number of carbonyl (C=O) groups is 1. The maximum atomic E-state index is 11.5. The second kappa shape index (κ2) is 4.74. The number of carbonyl (C=O) groups excluding carboxylic acids is 1. The summed E-state index contributed by atoms with van der Waals surface area (Å²) in [5.41, 5.74) is 0. The Hall–Kier alpha value is -0.390. The normalized spacial score (nSPS) is 12.5. The zero-order valence-electron chi connectivity index (χ0n) is 7.08. The molecule has 1 rings (SSSR count). The van der Waals surface area contributed by atoms with Crippen LogP contribution in [0.4, 0.5) is 0 Å². The number of aliphatic hydroxyl groups excluding tert-OH is 1. The molecule has 3 nitrogen and oxygen atoms in total. The van der Waals surface area contributed by atoms with E-state index in [9.17, 15) is 4.79 Å². The van der Waals surface area contributed by atoms with Crippen LogP contribution in [0.1, 0.15) is 16.6 Å². The molecule has 0 aliphatic heterocycles. The molecule has 13 heavy (non-hydrogen) atoms. The molecule has 0 bridgehead atoms.